The van der Waals surface area contributed by atoms with E-state index in [0.29, 0.717) is 36.0 Å². The number of primary amides is 1. The quantitative estimate of drug-likeness (QED) is 0.564. The summed E-state index contributed by atoms with van der Waals surface area (Å²) in [7, 11) is 0. The molecule has 1 aliphatic heterocycles. The fraction of sp³-hybridized carbons (Fsp3) is 0.385. The van der Waals surface area contributed by atoms with E-state index in [4.69, 9.17) is 10.7 Å². The number of nitrogens with one attached hydrogen (secondary N) is 1. The van der Waals surface area contributed by atoms with Crippen LogP contribution in [0.1, 0.15) is 44.0 Å². The number of para-hydroxylation sites is 3. The van der Waals surface area contributed by atoms with Crippen molar-refractivity contribution in [2.24, 2.45) is 11.7 Å². The molecule has 1 saturated heterocycles. The molecule has 0 spiro atoms. The van der Waals surface area contributed by atoms with E-state index in [1.165, 1.54) is 0 Å². The molecule has 0 unspecified atom stereocenters. The molecule has 8 heteroatoms. The number of hydrogen-bond acceptors (Lipinski definition) is 5. The van der Waals surface area contributed by atoms with Gasteiger partial charge in [0, 0.05) is 37.9 Å². The van der Waals surface area contributed by atoms with Crippen LogP contribution in [0, 0.1) is 5.92 Å². The Kier molecular flexibility index (Phi) is 6.04. The third-order valence-electron chi connectivity index (χ3n) is 6.78. The summed E-state index contributed by atoms with van der Waals surface area (Å²) in [5.74, 6) is 0.220. The Morgan fingerprint density at radius 1 is 1.00 bits per heavy atom. The van der Waals surface area contributed by atoms with Gasteiger partial charge >= 0.3 is 0 Å². The van der Waals surface area contributed by atoms with E-state index < -0.39 is 0 Å². The smallest absolute Gasteiger partial charge is 0.261 e. The van der Waals surface area contributed by atoms with Crippen molar-refractivity contribution in [3.05, 3.63) is 64.7 Å². The number of rotatable bonds is 7. The number of carbonyl (C=O) groups excluding carboxylic acids is 2. The van der Waals surface area contributed by atoms with Gasteiger partial charge in [-0.15, -0.1) is 0 Å². The normalized spacial score (nSPS) is 16.5. The monoisotopic (exact) mass is 459 g/mol. The highest BCUT2D eigenvalue weighted by Gasteiger charge is 2.28. The highest BCUT2D eigenvalue weighted by molar-refractivity contribution is 5.94. The molecular weight excluding hydrogens is 430 g/mol. The molecule has 5 rings (SSSR count). The summed E-state index contributed by atoms with van der Waals surface area (Å²) in [6.07, 6.45) is 4.00. The van der Waals surface area contributed by atoms with Crippen molar-refractivity contribution in [2.75, 3.05) is 23.3 Å². The number of fused-ring (bicyclic) bond motifs is 1. The lowest BCUT2D eigenvalue weighted by molar-refractivity contribution is -0.122. The Labute approximate surface area is 197 Å². The van der Waals surface area contributed by atoms with Gasteiger partial charge in [0.05, 0.1) is 22.3 Å². The second-order valence-corrected chi connectivity index (χ2v) is 9.18. The minimum absolute atomic E-state index is 0.0202. The van der Waals surface area contributed by atoms with Gasteiger partial charge in [0.1, 0.15) is 5.82 Å². The fourth-order valence-corrected chi connectivity index (χ4v) is 4.78. The first-order chi connectivity index (χ1) is 16.5. The molecule has 2 aliphatic rings. The van der Waals surface area contributed by atoms with Crippen LogP contribution in [0.2, 0.25) is 0 Å². The summed E-state index contributed by atoms with van der Waals surface area (Å²) in [6, 6.07) is 15.3. The van der Waals surface area contributed by atoms with Crippen LogP contribution < -0.4 is 21.5 Å². The van der Waals surface area contributed by atoms with Crippen LogP contribution in [0.15, 0.2) is 53.3 Å². The topological polar surface area (TPSA) is 110 Å². The van der Waals surface area contributed by atoms with Gasteiger partial charge in [-0.3, -0.25) is 19.0 Å². The van der Waals surface area contributed by atoms with Crippen LogP contribution in [0.3, 0.4) is 0 Å². The largest absolute Gasteiger partial charge is 0.370 e. The Morgan fingerprint density at radius 2 is 1.71 bits per heavy atom. The van der Waals surface area contributed by atoms with E-state index in [1.54, 1.807) is 4.57 Å². The maximum absolute atomic E-state index is 13.0. The summed E-state index contributed by atoms with van der Waals surface area (Å²) in [5, 5.41) is 3.66. The predicted molar refractivity (Wildman–Crippen MR) is 132 cm³/mol. The number of hydrogen-bond donors (Lipinski definition) is 2. The van der Waals surface area contributed by atoms with Crippen LogP contribution in [0.25, 0.3) is 10.9 Å². The fourth-order valence-electron chi connectivity index (χ4n) is 4.78. The van der Waals surface area contributed by atoms with Gasteiger partial charge in [0.15, 0.2) is 0 Å². The number of anilines is 2. The maximum atomic E-state index is 13.0. The van der Waals surface area contributed by atoms with Crippen LogP contribution in [-0.2, 0) is 16.0 Å². The summed E-state index contributed by atoms with van der Waals surface area (Å²) < 4.78 is 1.78. The first kappa shape index (κ1) is 22.1. The molecule has 1 aliphatic carbocycles. The second-order valence-electron chi connectivity index (χ2n) is 9.18. The van der Waals surface area contributed by atoms with E-state index in [9.17, 15) is 14.4 Å². The number of nitrogens with two attached hydrogens (primary N) is 1. The molecule has 3 N–H and O–H groups in total. The van der Waals surface area contributed by atoms with Crippen LogP contribution in [0.4, 0.5) is 11.4 Å². The molecule has 1 aromatic heterocycles. The molecule has 34 heavy (non-hydrogen) atoms. The molecule has 0 bridgehead atoms. The van der Waals surface area contributed by atoms with Crippen molar-refractivity contribution in [1.29, 1.82) is 0 Å². The van der Waals surface area contributed by atoms with Crippen molar-refractivity contribution in [1.82, 2.24) is 9.55 Å². The van der Waals surface area contributed by atoms with E-state index in [2.05, 4.69) is 10.2 Å². The van der Waals surface area contributed by atoms with Gasteiger partial charge in [-0.05, 0) is 49.9 Å². The Hall–Kier alpha value is -3.68. The highest BCUT2D eigenvalue weighted by atomic mass is 16.2. The third kappa shape index (κ3) is 4.53. The number of nitrogens with zero attached hydrogens (tertiary/aromatic N) is 3. The average Bonchev–Trinajstić information content (AvgIpc) is 3.68. The lowest BCUT2D eigenvalue weighted by atomic mass is 9.96. The van der Waals surface area contributed by atoms with Crippen LogP contribution >= 0.6 is 0 Å². The zero-order valence-corrected chi connectivity index (χ0v) is 19.1. The van der Waals surface area contributed by atoms with Gasteiger partial charge in [0.25, 0.3) is 5.56 Å². The van der Waals surface area contributed by atoms with Gasteiger partial charge in [-0.2, -0.15) is 0 Å². The summed E-state index contributed by atoms with van der Waals surface area (Å²) in [6.45, 7) is 1.43. The van der Waals surface area contributed by atoms with E-state index in [-0.39, 0.29) is 35.8 Å². The Morgan fingerprint density at radius 3 is 2.44 bits per heavy atom. The molecule has 0 atom stereocenters. The van der Waals surface area contributed by atoms with Crippen molar-refractivity contribution in [3.8, 4) is 0 Å². The number of aromatic nitrogens is 2. The molecule has 2 amide bonds. The maximum Gasteiger partial charge on any atom is 0.261 e. The number of carbonyl (C=O) groups is 2. The zero-order chi connectivity index (χ0) is 23.7. The first-order valence-corrected chi connectivity index (χ1v) is 11.9. The number of benzene rings is 2. The third-order valence-corrected chi connectivity index (χ3v) is 6.78. The average molecular weight is 460 g/mol. The highest BCUT2D eigenvalue weighted by Crippen LogP contribution is 2.35. The molecule has 2 fully saturated rings. The Bertz CT molecular complexity index is 1290. The predicted octanol–water partition coefficient (Wildman–Crippen LogP) is 3.00. The van der Waals surface area contributed by atoms with Crippen molar-refractivity contribution in [2.45, 2.75) is 44.6 Å². The lowest BCUT2D eigenvalue weighted by Gasteiger charge is -2.33. The molecule has 3 aromatic rings. The molecule has 2 heterocycles. The van der Waals surface area contributed by atoms with E-state index in [1.807, 2.05) is 48.5 Å². The van der Waals surface area contributed by atoms with E-state index >= 15 is 0 Å². The molecule has 176 valence electrons. The van der Waals surface area contributed by atoms with Crippen molar-refractivity contribution in [3.63, 3.8) is 0 Å². The minimum atomic E-state index is -0.242. The minimum Gasteiger partial charge on any atom is -0.370 e. The molecule has 8 nitrogen and oxygen atoms in total. The van der Waals surface area contributed by atoms with Gasteiger partial charge in [-0.25, -0.2) is 4.98 Å². The molecule has 2 aromatic carbocycles. The molecule has 1 saturated carbocycles. The number of amides is 2. The van der Waals surface area contributed by atoms with Crippen molar-refractivity contribution < 1.29 is 9.59 Å². The SMILES string of the molecule is NC(=O)C1CCN(c2ccccc2NC(=O)CCc2nc3ccccc3c(=O)n2C2CC2)CC1. The molecular formula is C26H29N5O3. The van der Waals surface area contributed by atoms with Crippen molar-refractivity contribution >= 4 is 34.1 Å². The lowest BCUT2D eigenvalue weighted by Crippen LogP contribution is -2.38. The standard InChI is InChI=1S/C26H29N5O3/c27-25(33)17-13-15-30(16-14-17)22-8-4-3-7-21(22)29-24(32)12-11-23-28-20-6-2-1-5-19(20)26(34)31(23)18-9-10-18/h1-8,17-18H,9-16H2,(H2,27,33)(H,29,32). The van der Waals surface area contributed by atoms with Crippen LogP contribution in [-0.4, -0.2) is 34.5 Å². The van der Waals surface area contributed by atoms with Gasteiger partial charge in [0.2, 0.25) is 11.8 Å². The van der Waals surface area contributed by atoms with Crippen LogP contribution in [0.5, 0.6) is 0 Å². The van der Waals surface area contributed by atoms with Gasteiger partial charge in [-0.1, -0.05) is 24.3 Å². The van der Waals surface area contributed by atoms with Gasteiger partial charge < -0.3 is 16.0 Å². The summed E-state index contributed by atoms with van der Waals surface area (Å²) in [4.78, 5) is 44.3. The van der Waals surface area contributed by atoms with E-state index in [0.717, 1.165) is 37.3 Å². The summed E-state index contributed by atoms with van der Waals surface area (Å²) in [5.41, 5.74) is 7.80. The molecule has 0 radical (unpaired) electrons. The number of aryl methyl sites for hydroxylation is 1. The zero-order valence-electron chi connectivity index (χ0n) is 19.1. The number of piperidine rings is 1. The summed E-state index contributed by atoms with van der Waals surface area (Å²) >= 11 is 0. The first-order valence-electron chi connectivity index (χ1n) is 11.9. The second kappa shape index (κ2) is 9.29. The Balaban J connectivity index is 1.29.